The summed E-state index contributed by atoms with van der Waals surface area (Å²) in [4.78, 5) is 23.5. The first-order chi connectivity index (χ1) is 10.7. The Balaban J connectivity index is 1.99. The summed E-state index contributed by atoms with van der Waals surface area (Å²) in [7, 11) is 1.95. The van der Waals surface area contributed by atoms with Crippen LogP contribution in [0.2, 0.25) is 0 Å². The first kappa shape index (κ1) is 17.5. The zero-order chi connectivity index (χ0) is 17.2. The fourth-order valence-corrected chi connectivity index (χ4v) is 2.80. The normalized spacial score (nSPS) is 21.3. The van der Waals surface area contributed by atoms with Gasteiger partial charge in [-0.3, -0.25) is 9.59 Å². The van der Waals surface area contributed by atoms with Crippen LogP contribution in [0.1, 0.15) is 39.8 Å². The van der Waals surface area contributed by atoms with Gasteiger partial charge in [0.25, 0.3) is 0 Å². The predicted molar refractivity (Wildman–Crippen MR) is 83.1 cm³/mol. The van der Waals surface area contributed by atoms with Crippen molar-refractivity contribution in [3.8, 4) is 0 Å². The van der Waals surface area contributed by atoms with E-state index in [0.29, 0.717) is 6.61 Å². The number of hydrogen-bond donors (Lipinski definition) is 0. The van der Waals surface area contributed by atoms with E-state index in [1.54, 1.807) is 0 Å². The van der Waals surface area contributed by atoms with E-state index in [9.17, 15) is 9.59 Å². The van der Waals surface area contributed by atoms with E-state index in [1.807, 2.05) is 56.4 Å². The molecule has 2 heterocycles. The van der Waals surface area contributed by atoms with Gasteiger partial charge in [-0.2, -0.15) is 0 Å². The maximum absolute atomic E-state index is 11.8. The van der Waals surface area contributed by atoms with Crippen LogP contribution in [0, 0.1) is 17.3 Å². The molecule has 2 rings (SSSR count). The number of cyclic esters (lactones) is 1. The molecule has 1 saturated heterocycles. The molecule has 0 N–H and O–H groups in total. The standard InChI is InChI=1S/C17H27N2O4/c1-6-14-12(9-22-15(14)20)7-13-8-19(10-18(13)5)11-23-16(21)17(2,3)4/h8,10,12,14H,6-7,9,11H2,1-5H3/q+1/t12-,14-/m0/s1. The van der Waals surface area contributed by atoms with Gasteiger partial charge < -0.3 is 9.47 Å². The molecule has 0 radical (unpaired) electrons. The molecule has 0 bridgehead atoms. The summed E-state index contributed by atoms with van der Waals surface area (Å²) >= 11 is 0. The molecule has 0 aromatic carbocycles. The number of carbonyl (C=O) groups is 2. The van der Waals surface area contributed by atoms with Crippen LogP contribution in [-0.2, 0) is 39.3 Å². The van der Waals surface area contributed by atoms with Gasteiger partial charge in [0.2, 0.25) is 13.1 Å². The number of imidazole rings is 1. The third kappa shape index (κ3) is 4.12. The minimum absolute atomic E-state index is 0.0166. The Hall–Kier alpha value is -1.85. The summed E-state index contributed by atoms with van der Waals surface area (Å²) in [6, 6.07) is 0. The highest BCUT2D eigenvalue weighted by atomic mass is 16.5. The molecule has 1 aromatic rings. The number of carbonyl (C=O) groups excluding carboxylic acids is 2. The number of ether oxygens (including phenoxy) is 2. The van der Waals surface area contributed by atoms with Crippen molar-refractivity contribution in [1.82, 2.24) is 4.57 Å². The summed E-state index contributed by atoms with van der Waals surface area (Å²) in [5.74, 6) is -0.112. The molecule has 6 nitrogen and oxygen atoms in total. The summed E-state index contributed by atoms with van der Waals surface area (Å²) in [5.41, 5.74) is 0.590. The molecule has 2 atom stereocenters. The van der Waals surface area contributed by atoms with Crippen molar-refractivity contribution in [2.45, 2.75) is 47.3 Å². The average molecular weight is 323 g/mol. The van der Waals surface area contributed by atoms with Crippen molar-refractivity contribution < 1.29 is 23.6 Å². The SMILES string of the molecule is CC[C@@H]1C(=O)OC[C@@H]1Cc1c[n+](COC(=O)C(C)(C)C)cn1C. The third-order valence-corrected chi connectivity index (χ3v) is 4.27. The zero-order valence-corrected chi connectivity index (χ0v) is 14.7. The molecule has 128 valence electrons. The minimum Gasteiger partial charge on any atom is -0.465 e. The van der Waals surface area contributed by atoms with Crippen LogP contribution < -0.4 is 4.57 Å². The van der Waals surface area contributed by atoms with E-state index >= 15 is 0 Å². The topological polar surface area (TPSA) is 61.4 Å². The predicted octanol–water partition coefficient (Wildman–Crippen LogP) is 1.60. The van der Waals surface area contributed by atoms with E-state index in [1.165, 1.54) is 0 Å². The molecule has 1 aliphatic heterocycles. The van der Waals surface area contributed by atoms with Crippen molar-refractivity contribution >= 4 is 11.9 Å². The monoisotopic (exact) mass is 323 g/mol. The smallest absolute Gasteiger partial charge is 0.314 e. The highest BCUT2D eigenvalue weighted by molar-refractivity contribution is 5.75. The summed E-state index contributed by atoms with van der Waals surface area (Å²) in [5, 5.41) is 0. The largest absolute Gasteiger partial charge is 0.465 e. The second-order valence-corrected chi connectivity index (χ2v) is 7.28. The molecular weight excluding hydrogens is 296 g/mol. The van der Waals surface area contributed by atoms with Gasteiger partial charge in [-0.1, -0.05) is 6.92 Å². The fourth-order valence-electron chi connectivity index (χ4n) is 2.80. The Morgan fingerprint density at radius 1 is 1.48 bits per heavy atom. The number of esters is 2. The van der Waals surface area contributed by atoms with Gasteiger partial charge in [-0.15, -0.1) is 0 Å². The second-order valence-electron chi connectivity index (χ2n) is 7.28. The van der Waals surface area contributed by atoms with Crippen LogP contribution in [-0.4, -0.2) is 23.1 Å². The van der Waals surface area contributed by atoms with Gasteiger partial charge in [0.1, 0.15) is 11.9 Å². The Morgan fingerprint density at radius 2 is 2.17 bits per heavy atom. The number of aromatic nitrogens is 2. The zero-order valence-electron chi connectivity index (χ0n) is 14.7. The van der Waals surface area contributed by atoms with Crippen LogP contribution >= 0.6 is 0 Å². The molecule has 1 aromatic heterocycles. The van der Waals surface area contributed by atoms with Crippen molar-refractivity contribution in [2.75, 3.05) is 6.61 Å². The van der Waals surface area contributed by atoms with Gasteiger partial charge in [-0.25, -0.2) is 9.13 Å². The van der Waals surface area contributed by atoms with E-state index in [2.05, 4.69) is 0 Å². The summed E-state index contributed by atoms with van der Waals surface area (Å²) in [6.45, 7) is 8.19. The molecular formula is C17H27N2O4+. The fraction of sp³-hybridized carbons (Fsp3) is 0.706. The molecule has 0 amide bonds. The Labute approximate surface area is 137 Å². The van der Waals surface area contributed by atoms with Gasteiger partial charge in [0.15, 0.2) is 0 Å². The van der Waals surface area contributed by atoms with E-state index in [-0.39, 0.29) is 30.5 Å². The molecule has 1 aliphatic rings. The molecule has 0 aliphatic carbocycles. The van der Waals surface area contributed by atoms with E-state index in [0.717, 1.165) is 18.5 Å². The highest BCUT2D eigenvalue weighted by Crippen LogP contribution is 2.27. The summed E-state index contributed by atoms with van der Waals surface area (Å²) in [6.07, 6.45) is 5.44. The lowest BCUT2D eigenvalue weighted by Crippen LogP contribution is -2.36. The number of nitrogens with zero attached hydrogens (tertiary/aromatic N) is 2. The van der Waals surface area contributed by atoms with Crippen molar-refractivity contribution in [1.29, 1.82) is 0 Å². The van der Waals surface area contributed by atoms with Gasteiger partial charge >= 0.3 is 11.9 Å². The van der Waals surface area contributed by atoms with E-state index < -0.39 is 5.41 Å². The summed E-state index contributed by atoms with van der Waals surface area (Å²) < 4.78 is 14.3. The van der Waals surface area contributed by atoms with Gasteiger partial charge in [0, 0.05) is 12.3 Å². The first-order valence-corrected chi connectivity index (χ1v) is 8.10. The molecule has 1 fully saturated rings. The molecule has 0 saturated carbocycles. The van der Waals surface area contributed by atoms with Gasteiger partial charge in [-0.05, 0) is 27.2 Å². The minimum atomic E-state index is -0.506. The van der Waals surface area contributed by atoms with Crippen molar-refractivity contribution in [2.24, 2.45) is 24.3 Å². The van der Waals surface area contributed by atoms with Crippen LogP contribution in [0.15, 0.2) is 12.5 Å². The molecule has 23 heavy (non-hydrogen) atoms. The number of aryl methyl sites for hydroxylation is 1. The number of hydrogen-bond acceptors (Lipinski definition) is 4. The molecule has 0 unspecified atom stereocenters. The Kier molecular flexibility index (Phi) is 5.12. The molecule has 0 spiro atoms. The quantitative estimate of drug-likeness (QED) is 0.610. The van der Waals surface area contributed by atoms with Crippen LogP contribution in [0.25, 0.3) is 0 Å². The first-order valence-electron chi connectivity index (χ1n) is 8.10. The lowest BCUT2D eigenvalue weighted by molar-refractivity contribution is -0.727. The Bertz CT molecular complexity index is 586. The van der Waals surface area contributed by atoms with Crippen molar-refractivity contribution in [3.05, 3.63) is 18.2 Å². The second kappa shape index (κ2) is 6.72. The van der Waals surface area contributed by atoms with Crippen LogP contribution in [0.5, 0.6) is 0 Å². The maximum Gasteiger partial charge on any atom is 0.314 e. The lowest BCUT2D eigenvalue weighted by atomic mass is 9.89. The van der Waals surface area contributed by atoms with Crippen molar-refractivity contribution in [3.63, 3.8) is 0 Å². The van der Waals surface area contributed by atoms with Gasteiger partial charge in [0.05, 0.1) is 25.0 Å². The lowest BCUT2D eigenvalue weighted by Gasteiger charge is -2.15. The molecule has 6 heteroatoms. The van der Waals surface area contributed by atoms with Crippen LogP contribution in [0.3, 0.4) is 0 Å². The number of rotatable bonds is 5. The maximum atomic E-state index is 11.8. The van der Waals surface area contributed by atoms with E-state index in [4.69, 9.17) is 9.47 Å². The average Bonchev–Trinajstić information content (AvgIpc) is 2.99. The third-order valence-electron chi connectivity index (χ3n) is 4.27. The van der Waals surface area contributed by atoms with Crippen LogP contribution in [0.4, 0.5) is 0 Å². The Morgan fingerprint density at radius 3 is 2.78 bits per heavy atom. The highest BCUT2D eigenvalue weighted by Gasteiger charge is 2.36.